The lowest BCUT2D eigenvalue weighted by Gasteiger charge is -1.98. The first-order valence-electron chi connectivity index (χ1n) is 5.95. The van der Waals surface area contributed by atoms with Crippen molar-refractivity contribution in [2.24, 2.45) is 7.05 Å². The van der Waals surface area contributed by atoms with Crippen molar-refractivity contribution in [1.82, 2.24) is 29.5 Å². The zero-order chi connectivity index (χ0) is 13.4. The fourth-order valence-electron chi connectivity index (χ4n) is 1.95. The summed E-state index contributed by atoms with van der Waals surface area (Å²) in [6, 6.07) is 2.01. The van der Waals surface area contributed by atoms with Gasteiger partial charge < -0.3 is 9.09 Å². The van der Waals surface area contributed by atoms with Gasteiger partial charge in [0.05, 0.1) is 5.69 Å². The molecule has 7 heteroatoms. The molecule has 0 saturated carbocycles. The lowest BCUT2D eigenvalue weighted by atomic mass is 10.4. The Balaban J connectivity index is 1.86. The molecule has 0 N–H and O–H groups in total. The minimum absolute atomic E-state index is 0.469. The van der Waals surface area contributed by atoms with Crippen LogP contribution in [0.15, 0.2) is 23.0 Å². The Morgan fingerprint density at radius 1 is 1.32 bits per heavy atom. The van der Waals surface area contributed by atoms with E-state index in [2.05, 4.69) is 20.2 Å². The summed E-state index contributed by atoms with van der Waals surface area (Å²) in [7, 11) is 1.89. The molecule has 0 radical (unpaired) electrons. The van der Waals surface area contributed by atoms with Crippen LogP contribution < -0.4 is 0 Å². The van der Waals surface area contributed by atoms with Crippen molar-refractivity contribution in [3.8, 4) is 11.6 Å². The molecule has 0 atom stereocenters. The molecule has 0 saturated heterocycles. The van der Waals surface area contributed by atoms with Crippen LogP contribution in [0.5, 0.6) is 0 Å². The van der Waals surface area contributed by atoms with Crippen LogP contribution in [0.25, 0.3) is 11.6 Å². The molecular formula is C12H14N6O. The molecule has 3 aromatic rings. The number of nitrogens with zero attached hydrogens (tertiary/aromatic N) is 6. The van der Waals surface area contributed by atoms with Crippen LogP contribution >= 0.6 is 0 Å². The first kappa shape index (κ1) is 11.6. The van der Waals surface area contributed by atoms with Crippen molar-refractivity contribution in [1.29, 1.82) is 0 Å². The van der Waals surface area contributed by atoms with Crippen molar-refractivity contribution >= 4 is 0 Å². The first-order valence-corrected chi connectivity index (χ1v) is 5.95. The maximum absolute atomic E-state index is 5.24. The van der Waals surface area contributed by atoms with Gasteiger partial charge in [-0.15, -0.1) is 0 Å². The summed E-state index contributed by atoms with van der Waals surface area (Å²) in [6.07, 6.45) is 3.54. The third kappa shape index (κ3) is 2.14. The summed E-state index contributed by atoms with van der Waals surface area (Å²) in [6.45, 7) is 4.42. The molecule has 3 aromatic heterocycles. The van der Waals surface area contributed by atoms with E-state index in [9.17, 15) is 0 Å². The van der Waals surface area contributed by atoms with Gasteiger partial charge >= 0.3 is 0 Å². The van der Waals surface area contributed by atoms with E-state index < -0.39 is 0 Å². The lowest BCUT2D eigenvalue weighted by molar-refractivity contribution is 0.364. The lowest BCUT2D eigenvalue weighted by Crippen LogP contribution is -2.04. The first-order chi connectivity index (χ1) is 9.13. The minimum Gasteiger partial charge on any atom is -0.337 e. The molecule has 0 aromatic carbocycles. The minimum atomic E-state index is 0.469. The number of aromatic nitrogens is 6. The van der Waals surface area contributed by atoms with Crippen molar-refractivity contribution in [2.45, 2.75) is 20.4 Å². The summed E-state index contributed by atoms with van der Waals surface area (Å²) >= 11 is 0. The molecule has 0 amide bonds. The largest absolute Gasteiger partial charge is 0.337 e. The molecule has 3 rings (SSSR count). The molecule has 0 fully saturated rings. The maximum Gasteiger partial charge on any atom is 0.248 e. The van der Waals surface area contributed by atoms with Gasteiger partial charge in [0.2, 0.25) is 11.7 Å². The second-order valence-electron chi connectivity index (χ2n) is 4.46. The number of hydrogen-bond acceptors (Lipinski definition) is 5. The highest BCUT2D eigenvalue weighted by Crippen LogP contribution is 2.13. The molecule has 98 valence electrons. The van der Waals surface area contributed by atoms with Gasteiger partial charge in [0, 0.05) is 25.1 Å². The van der Waals surface area contributed by atoms with Crippen LogP contribution in [0.1, 0.15) is 17.3 Å². The quantitative estimate of drug-likeness (QED) is 0.708. The molecule has 0 unspecified atom stereocenters. The smallest absolute Gasteiger partial charge is 0.248 e. The van der Waals surface area contributed by atoms with Gasteiger partial charge in [0.25, 0.3) is 0 Å². The Labute approximate surface area is 109 Å². The highest BCUT2D eigenvalue weighted by molar-refractivity contribution is 5.42. The number of rotatable bonds is 3. The number of imidazole rings is 1. The Morgan fingerprint density at radius 3 is 2.79 bits per heavy atom. The van der Waals surface area contributed by atoms with E-state index in [1.165, 1.54) is 0 Å². The Morgan fingerprint density at radius 2 is 2.16 bits per heavy atom. The standard InChI is InChI=1S/C12H14N6O/c1-8-6-9(2)18(15-8)7-10-14-11(16-19-10)12-13-4-5-17(12)3/h4-6H,7H2,1-3H3. The van der Waals surface area contributed by atoms with E-state index in [0.29, 0.717) is 24.1 Å². The highest BCUT2D eigenvalue weighted by Gasteiger charge is 2.13. The molecule has 0 bridgehead atoms. The Kier molecular flexibility index (Phi) is 2.66. The van der Waals surface area contributed by atoms with Crippen LogP contribution in [-0.2, 0) is 13.6 Å². The van der Waals surface area contributed by atoms with Gasteiger partial charge in [-0.1, -0.05) is 5.16 Å². The molecule has 0 aliphatic heterocycles. The fraction of sp³-hybridized carbons (Fsp3) is 0.333. The summed E-state index contributed by atoms with van der Waals surface area (Å²) in [5.41, 5.74) is 2.04. The molecule has 0 spiro atoms. The highest BCUT2D eigenvalue weighted by atomic mass is 16.5. The summed E-state index contributed by atoms with van der Waals surface area (Å²) < 4.78 is 8.92. The normalized spacial score (nSPS) is 11.1. The molecule has 3 heterocycles. The molecule has 0 aliphatic rings. The van der Waals surface area contributed by atoms with Gasteiger partial charge in [0.1, 0.15) is 6.54 Å². The fourth-order valence-corrected chi connectivity index (χ4v) is 1.95. The molecule has 19 heavy (non-hydrogen) atoms. The zero-order valence-electron chi connectivity index (χ0n) is 11.0. The van der Waals surface area contributed by atoms with Crippen LogP contribution in [0.3, 0.4) is 0 Å². The van der Waals surface area contributed by atoms with Crippen LogP contribution in [0.4, 0.5) is 0 Å². The average molecular weight is 258 g/mol. The number of aryl methyl sites for hydroxylation is 3. The van der Waals surface area contributed by atoms with Gasteiger partial charge in [0.15, 0.2) is 5.82 Å². The van der Waals surface area contributed by atoms with Gasteiger partial charge in [-0.25, -0.2) is 4.98 Å². The van der Waals surface area contributed by atoms with Crippen LogP contribution in [-0.4, -0.2) is 29.5 Å². The number of hydrogen-bond donors (Lipinski definition) is 0. The van der Waals surface area contributed by atoms with Crippen molar-refractivity contribution in [3.05, 3.63) is 35.7 Å². The van der Waals surface area contributed by atoms with Crippen LogP contribution in [0.2, 0.25) is 0 Å². The third-order valence-corrected chi connectivity index (χ3v) is 2.88. The zero-order valence-corrected chi connectivity index (χ0v) is 11.0. The second-order valence-corrected chi connectivity index (χ2v) is 4.46. The SMILES string of the molecule is Cc1cc(C)n(Cc2nc(-c3nccn3C)no2)n1. The summed E-state index contributed by atoms with van der Waals surface area (Å²) in [5, 5.41) is 8.30. The van der Waals surface area contributed by atoms with Crippen molar-refractivity contribution < 1.29 is 4.52 Å². The van der Waals surface area contributed by atoms with Gasteiger partial charge in [-0.05, 0) is 19.9 Å². The Hall–Kier alpha value is -2.44. The van der Waals surface area contributed by atoms with Crippen LogP contribution in [0, 0.1) is 13.8 Å². The second kappa shape index (κ2) is 4.34. The van der Waals surface area contributed by atoms with Crippen molar-refractivity contribution in [2.75, 3.05) is 0 Å². The van der Waals surface area contributed by atoms with E-state index in [-0.39, 0.29) is 0 Å². The van der Waals surface area contributed by atoms with E-state index in [1.807, 2.05) is 42.4 Å². The molecular weight excluding hydrogens is 244 g/mol. The van der Waals surface area contributed by atoms with E-state index in [4.69, 9.17) is 4.52 Å². The average Bonchev–Trinajstić information content (AvgIpc) is 3.02. The van der Waals surface area contributed by atoms with Gasteiger partial charge in [-0.2, -0.15) is 10.1 Å². The predicted octanol–water partition coefficient (Wildman–Crippen LogP) is 1.33. The van der Waals surface area contributed by atoms with E-state index in [1.54, 1.807) is 6.20 Å². The maximum atomic E-state index is 5.24. The van der Waals surface area contributed by atoms with Crippen molar-refractivity contribution in [3.63, 3.8) is 0 Å². The van der Waals surface area contributed by atoms with E-state index >= 15 is 0 Å². The topological polar surface area (TPSA) is 74.6 Å². The summed E-state index contributed by atoms with van der Waals surface area (Å²) in [4.78, 5) is 8.52. The van der Waals surface area contributed by atoms with Gasteiger partial charge in [-0.3, -0.25) is 4.68 Å². The molecule has 7 nitrogen and oxygen atoms in total. The van der Waals surface area contributed by atoms with E-state index in [0.717, 1.165) is 11.4 Å². The molecule has 0 aliphatic carbocycles. The monoisotopic (exact) mass is 258 g/mol. The third-order valence-electron chi connectivity index (χ3n) is 2.88. The Bertz CT molecular complexity index is 707. The summed E-state index contributed by atoms with van der Waals surface area (Å²) in [5.74, 6) is 1.69. The predicted molar refractivity (Wildman–Crippen MR) is 67.3 cm³/mol.